The fourth-order valence-corrected chi connectivity index (χ4v) is 4.16. The van der Waals surface area contributed by atoms with E-state index in [1.165, 1.54) is 11.6 Å². The zero-order valence-electron chi connectivity index (χ0n) is 17.6. The molecule has 1 fully saturated rings. The molecule has 2 atom stereocenters. The van der Waals surface area contributed by atoms with Gasteiger partial charge in [0.15, 0.2) is 0 Å². The Balaban J connectivity index is 1.59. The molecular weight excluding hydrogens is 367 g/mol. The first-order valence-corrected chi connectivity index (χ1v) is 10.4. The number of nitrogens with zero attached hydrogens (tertiary/aromatic N) is 2. The Bertz CT molecular complexity index is 809. The van der Waals surface area contributed by atoms with Crippen molar-refractivity contribution in [2.24, 2.45) is 0 Å². The molecule has 0 N–H and O–H groups in total. The number of carbonyl (C=O) groups excluding carboxylic acids is 1. The number of amides is 1. The van der Waals surface area contributed by atoms with E-state index >= 15 is 0 Å². The SMILES string of the molecule is CCN(C(C)=O)[C@@H]1CCO[C@H](c2ccc(CN(C)Cc3ccccc3F)cc2)C1. The Labute approximate surface area is 173 Å². The maximum absolute atomic E-state index is 13.8. The highest BCUT2D eigenvalue weighted by Crippen LogP contribution is 2.31. The topological polar surface area (TPSA) is 32.8 Å². The predicted molar refractivity (Wildman–Crippen MR) is 113 cm³/mol. The van der Waals surface area contributed by atoms with Gasteiger partial charge >= 0.3 is 0 Å². The van der Waals surface area contributed by atoms with Crippen LogP contribution in [-0.2, 0) is 22.6 Å². The van der Waals surface area contributed by atoms with E-state index < -0.39 is 0 Å². The van der Waals surface area contributed by atoms with Gasteiger partial charge in [0, 0.05) is 44.8 Å². The molecule has 0 aromatic heterocycles. The number of rotatable bonds is 7. The predicted octanol–water partition coefficient (Wildman–Crippen LogP) is 4.55. The first-order valence-electron chi connectivity index (χ1n) is 10.4. The number of benzene rings is 2. The van der Waals surface area contributed by atoms with E-state index in [0.29, 0.717) is 18.7 Å². The summed E-state index contributed by atoms with van der Waals surface area (Å²) in [6, 6.07) is 15.6. The molecule has 156 valence electrons. The van der Waals surface area contributed by atoms with Crippen molar-refractivity contribution in [1.29, 1.82) is 0 Å². The van der Waals surface area contributed by atoms with Crippen molar-refractivity contribution in [2.45, 2.75) is 51.9 Å². The molecule has 1 heterocycles. The molecule has 1 aliphatic heterocycles. The summed E-state index contributed by atoms with van der Waals surface area (Å²) >= 11 is 0. The molecule has 5 heteroatoms. The van der Waals surface area contributed by atoms with Gasteiger partial charge in [0.05, 0.1) is 6.10 Å². The third-order valence-corrected chi connectivity index (χ3v) is 5.64. The van der Waals surface area contributed by atoms with Crippen LogP contribution in [0.1, 0.15) is 49.5 Å². The van der Waals surface area contributed by atoms with E-state index in [-0.39, 0.29) is 23.9 Å². The summed E-state index contributed by atoms with van der Waals surface area (Å²) in [7, 11) is 2.00. The summed E-state index contributed by atoms with van der Waals surface area (Å²) in [5.74, 6) is -0.0308. The molecule has 1 aliphatic rings. The van der Waals surface area contributed by atoms with Crippen LogP contribution in [0.5, 0.6) is 0 Å². The van der Waals surface area contributed by atoms with Crippen LogP contribution >= 0.6 is 0 Å². The summed E-state index contributed by atoms with van der Waals surface area (Å²) in [5, 5.41) is 0. The minimum absolute atomic E-state index is 0.0207. The molecule has 0 saturated carbocycles. The molecule has 1 amide bonds. The lowest BCUT2D eigenvalue weighted by Gasteiger charge is -2.36. The highest BCUT2D eigenvalue weighted by Gasteiger charge is 2.28. The molecule has 0 unspecified atom stereocenters. The van der Waals surface area contributed by atoms with Crippen molar-refractivity contribution >= 4 is 5.91 Å². The lowest BCUT2D eigenvalue weighted by molar-refractivity contribution is -0.134. The summed E-state index contributed by atoms with van der Waals surface area (Å²) in [6.07, 6.45) is 1.75. The van der Waals surface area contributed by atoms with E-state index in [1.54, 1.807) is 13.0 Å². The van der Waals surface area contributed by atoms with E-state index in [9.17, 15) is 9.18 Å². The zero-order chi connectivity index (χ0) is 20.8. The van der Waals surface area contributed by atoms with Gasteiger partial charge in [-0.25, -0.2) is 4.39 Å². The van der Waals surface area contributed by atoms with Crippen molar-refractivity contribution in [2.75, 3.05) is 20.2 Å². The quantitative estimate of drug-likeness (QED) is 0.686. The molecule has 4 nitrogen and oxygen atoms in total. The number of ether oxygens (including phenoxy) is 1. The van der Waals surface area contributed by atoms with Gasteiger partial charge in [-0.1, -0.05) is 42.5 Å². The second-order valence-electron chi connectivity index (χ2n) is 7.85. The molecule has 2 aromatic carbocycles. The van der Waals surface area contributed by atoms with Crippen molar-refractivity contribution < 1.29 is 13.9 Å². The summed E-state index contributed by atoms with van der Waals surface area (Å²) in [4.78, 5) is 15.9. The fourth-order valence-electron chi connectivity index (χ4n) is 4.16. The standard InChI is InChI=1S/C24H31FN2O2/c1-4-27(18(2)28)22-13-14-29-24(15-22)20-11-9-19(10-12-20)16-26(3)17-21-7-5-6-8-23(21)25/h5-12,22,24H,4,13-17H2,1-3H3/t22-,24+/m1/s1. The van der Waals surface area contributed by atoms with Gasteiger partial charge in [-0.3, -0.25) is 9.69 Å². The summed E-state index contributed by atoms with van der Waals surface area (Å²) in [5.41, 5.74) is 3.04. The lowest BCUT2D eigenvalue weighted by Crippen LogP contribution is -2.42. The maximum atomic E-state index is 13.8. The Morgan fingerprint density at radius 2 is 1.86 bits per heavy atom. The van der Waals surface area contributed by atoms with Crippen LogP contribution in [0.2, 0.25) is 0 Å². The zero-order valence-corrected chi connectivity index (χ0v) is 17.6. The van der Waals surface area contributed by atoms with E-state index in [2.05, 4.69) is 29.2 Å². The van der Waals surface area contributed by atoms with Crippen molar-refractivity contribution in [1.82, 2.24) is 9.80 Å². The third kappa shape index (κ3) is 5.64. The minimum Gasteiger partial charge on any atom is -0.373 e. The first kappa shape index (κ1) is 21.5. The lowest BCUT2D eigenvalue weighted by atomic mass is 9.95. The van der Waals surface area contributed by atoms with Crippen LogP contribution in [0.4, 0.5) is 4.39 Å². The average molecular weight is 399 g/mol. The molecule has 0 radical (unpaired) electrons. The van der Waals surface area contributed by atoms with Gasteiger partial charge in [-0.05, 0) is 44.0 Å². The van der Waals surface area contributed by atoms with Crippen LogP contribution in [0.15, 0.2) is 48.5 Å². The average Bonchev–Trinajstić information content (AvgIpc) is 2.71. The molecule has 2 aromatic rings. The van der Waals surface area contributed by atoms with Gasteiger partial charge in [0.2, 0.25) is 5.91 Å². The number of halogens is 1. The molecule has 3 rings (SSSR count). The largest absolute Gasteiger partial charge is 0.373 e. The Hall–Kier alpha value is -2.24. The van der Waals surface area contributed by atoms with Crippen molar-refractivity contribution in [3.8, 4) is 0 Å². The van der Waals surface area contributed by atoms with Gasteiger partial charge in [0.1, 0.15) is 5.82 Å². The van der Waals surface area contributed by atoms with Crippen LogP contribution < -0.4 is 0 Å². The highest BCUT2D eigenvalue weighted by atomic mass is 19.1. The van der Waals surface area contributed by atoms with Crippen LogP contribution in [0.3, 0.4) is 0 Å². The summed E-state index contributed by atoms with van der Waals surface area (Å²) in [6.45, 7) is 6.39. The van der Waals surface area contributed by atoms with E-state index in [4.69, 9.17) is 4.74 Å². The van der Waals surface area contributed by atoms with Crippen LogP contribution in [0, 0.1) is 5.82 Å². The fraction of sp³-hybridized carbons (Fsp3) is 0.458. The summed E-state index contributed by atoms with van der Waals surface area (Å²) < 4.78 is 19.8. The molecule has 0 aliphatic carbocycles. The van der Waals surface area contributed by atoms with Gasteiger partial charge < -0.3 is 9.64 Å². The highest BCUT2D eigenvalue weighted by molar-refractivity contribution is 5.73. The Kier molecular flexibility index (Phi) is 7.40. The van der Waals surface area contributed by atoms with Crippen LogP contribution in [-0.4, -0.2) is 41.9 Å². The third-order valence-electron chi connectivity index (χ3n) is 5.64. The second kappa shape index (κ2) is 9.99. The molecule has 0 spiro atoms. The smallest absolute Gasteiger partial charge is 0.219 e. The number of hydrogen-bond donors (Lipinski definition) is 0. The van der Waals surface area contributed by atoms with Crippen LogP contribution in [0.25, 0.3) is 0 Å². The Morgan fingerprint density at radius 1 is 1.14 bits per heavy atom. The molecular formula is C24H31FN2O2. The number of hydrogen-bond acceptors (Lipinski definition) is 3. The molecule has 1 saturated heterocycles. The normalized spacial score (nSPS) is 19.3. The first-order chi connectivity index (χ1) is 14.0. The van der Waals surface area contributed by atoms with Crippen molar-refractivity contribution in [3.63, 3.8) is 0 Å². The van der Waals surface area contributed by atoms with E-state index in [0.717, 1.165) is 31.5 Å². The van der Waals surface area contributed by atoms with Gasteiger partial charge in [-0.2, -0.15) is 0 Å². The Morgan fingerprint density at radius 3 is 2.52 bits per heavy atom. The minimum atomic E-state index is -0.162. The molecule has 0 bridgehead atoms. The van der Waals surface area contributed by atoms with Gasteiger partial charge in [-0.15, -0.1) is 0 Å². The monoisotopic (exact) mass is 398 g/mol. The molecule has 29 heavy (non-hydrogen) atoms. The second-order valence-corrected chi connectivity index (χ2v) is 7.85. The maximum Gasteiger partial charge on any atom is 0.219 e. The number of carbonyl (C=O) groups is 1. The van der Waals surface area contributed by atoms with Crippen molar-refractivity contribution in [3.05, 3.63) is 71.0 Å². The van der Waals surface area contributed by atoms with Gasteiger partial charge in [0.25, 0.3) is 0 Å². The van der Waals surface area contributed by atoms with E-state index in [1.807, 2.05) is 31.0 Å².